The fourth-order valence-electron chi connectivity index (χ4n) is 1.88. The van der Waals surface area contributed by atoms with Crippen molar-refractivity contribution in [2.45, 2.75) is 13.5 Å². The maximum absolute atomic E-state index is 13.6. The van der Waals surface area contributed by atoms with Crippen molar-refractivity contribution in [1.29, 1.82) is 0 Å². The van der Waals surface area contributed by atoms with Crippen LogP contribution < -0.4 is 10.1 Å². The largest absolute Gasteiger partial charge is 0.494 e. The SMILES string of the molecule is CNCc1[nH]nc(-c2ccc(OC)c(F)c2)c1C. The topological polar surface area (TPSA) is 49.9 Å². The zero-order valence-corrected chi connectivity index (χ0v) is 10.7. The van der Waals surface area contributed by atoms with Crippen LogP contribution in [0.4, 0.5) is 4.39 Å². The summed E-state index contributed by atoms with van der Waals surface area (Å²) in [7, 11) is 3.32. The first kappa shape index (κ1) is 12.6. The molecular weight excluding hydrogens is 233 g/mol. The van der Waals surface area contributed by atoms with Crippen LogP contribution in [0.15, 0.2) is 18.2 Å². The molecule has 0 saturated carbocycles. The van der Waals surface area contributed by atoms with Gasteiger partial charge >= 0.3 is 0 Å². The van der Waals surface area contributed by atoms with Gasteiger partial charge in [-0.3, -0.25) is 5.10 Å². The second-order valence-corrected chi connectivity index (χ2v) is 4.06. The van der Waals surface area contributed by atoms with E-state index in [2.05, 4.69) is 15.5 Å². The van der Waals surface area contributed by atoms with Crippen molar-refractivity contribution in [3.63, 3.8) is 0 Å². The Kier molecular flexibility index (Phi) is 3.62. The number of aromatic amines is 1. The molecule has 1 heterocycles. The molecule has 96 valence electrons. The highest BCUT2D eigenvalue weighted by atomic mass is 19.1. The fraction of sp³-hybridized carbons (Fsp3) is 0.308. The van der Waals surface area contributed by atoms with Crippen molar-refractivity contribution in [2.24, 2.45) is 0 Å². The van der Waals surface area contributed by atoms with E-state index in [1.54, 1.807) is 12.1 Å². The van der Waals surface area contributed by atoms with E-state index in [4.69, 9.17) is 4.74 Å². The summed E-state index contributed by atoms with van der Waals surface area (Å²) < 4.78 is 18.5. The zero-order valence-electron chi connectivity index (χ0n) is 10.7. The summed E-state index contributed by atoms with van der Waals surface area (Å²) in [6.45, 7) is 2.67. The smallest absolute Gasteiger partial charge is 0.165 e. The van der Waals surface area contributed by atoms with Gasteiger partial charge in [-0.2, -0.15) is 5.10 Å². The minimum absolute atomic E-state index is 0.238. The van der Waals surface area contributed by atoms with Crippen LogP contribution >= 0.6 is 0 Å². The first-order valence-corrected chi connectivity index (χ1v) is 5.69. The third kappa shape index (κ3) is 2.22. The summed E-state index contributed by atoms with van der Waals surface area (Å²) in [5.74, 6) is -0.144. The molecule has 0 fully saturated rings. The van der Waals surface area contributed by atoms with Gasteiger partial charge in [0.1, 0.15) is 0 Å². The monoisotopic (exact) mass is 249 g/mol. The molecular formula is C13H16FN3O. The van der Waals surface area contributed by atoms with Gasteiger partial charge in [0.05, 0.1) is 18.5 Å². The van der Waals surface area contributed by atoms with E-state index in [-0.39, 0.29) is 11.6 Å². The summed E-state index contributed by atoms with van der Waals surface area (Å²) in [4.78, 5) is 0. The third-order valence-corrected chi connectivity index (χ3v) is 2.89. The van der Waals surface area contributed by atoms with Gasteiger partial charge in [0.15, 0.2) is 11.6 Å². The van der Waals surface area contributed by atoms with Crippen molar-refractivity contribution in [2.75, 3.05) is 14.2 Å². The predicted octanol–water partition coefficient (Wildman–Crippen LogP) is 2.25. The molecule has 0 aliphatic carbocycles. The van der Waals surface area contributed by atoms with E-state index >= 15 is 0 Å². The number of methoxy groups -OCH3 is 1. The molecule has 0 spiro atoms. The molecule has 0 aliphatic rings. The molecule has 1 aromatic heterocycles. The van der Waals surface area contributed by atoms with Crippen molar-refractivity contribution in [3.05, 3.63) is 35.3 Å². The molecule has 2 N–H and O–H groups in total. The summed E-state index contributed by atoms with van der Waals surface area (Å²) in [6.07, 6.45) is 0. The maximum Gasteiger partial charge on any atom is 0.165 e. The Morgan fingerprint density at radius 1 is 1.44 bits per heavy atom. The molecule has 0 aliphatic heterocycles. The fourth-order valence-corrected chi connectivity index (χ4v) is 1.88. The maximum atomic E-state index is 13.6. The van der Waals surface area contributed by atoms with E-state index in [1.165, 1.54) is 13.2 Å². The number of nitrogens with one attached hydrogen (secondary N) is 2. The van der Waals surface area contributed by atoms with Gasteiger partial charge in [-0.05, 0) is 37.7 Å². The van der Waals surface area contributed by atoms with Crippen molar-refractivity contribution >= 4 is 0 Å². The highest BCUT2D eigenvalue weighted by Crippen LogP contribution is 2.27. The number of aromatic nitrogens is 2. The quantitative estimate of drug-likeness (QED) is 0.873. The van der Waals surface area contributed by atoms with E-state index in [0.29, 0.717) is 6.54 Å². The Bertz CT molecular complexity index is 551. The number of benzene rings is 1. The average Bonchev–Trinajstić information content (AvgIpc) is 2.72. The van der Waals surface area contributed by atoms with Crippen LogP contribution in [0.5, 0.6) is 5.75 Å². The number of H-pyrrole nitrogens is 1. The Hall–Kier alpha value is -1.88. The highest BCUT2D eigenvalue weighted by Gasteiger charge is 2.12. The van der Waals surface area contributed by atoms with Gasteiger partial charge in [0, 0.05) is 12.1 Å². The molecule has 5 heteroatoms. The van der Waals surface area contributed by atoms with Gasteiger partial charge in [-0.15, -0.1) is 0 Å². The van der Waals surface area contributed by atoms with Gasteiger partial charge in [-0.25, -0.2) is 4.39 Å². The lowest BCUT2D eigenvalue weighted by Gasteiger charge is -2.04. The van der Waals surface area contributed by atoms with Crippen molar-refractivity contribution in [1.82, 2.24) is 15.5 Å². The summed E-state index contributed by atoms with van der Waals surface area (Å²) in [5, 5.41) is 10.2. The molecule has 18 heavy (non-hydrogen) atoms. The Labute approximate surface area is 105 Å². The van der Waals surface area contributed by atoms with Crippen LogP contribution in [0, 0.1) is 12.7 Å². The van der Waals surface area contributed by atoms with E-state index in [9.17, 15) is 4.39 Å². The lowest BCUT2D eigenvalue weighted by molar-refractivity contribution is 0.386. The van der Waals surface area contributed by atoms with E-state index in [1.807, 2.05) is 14.0 Å². The third-order valence-electron chi connectivity index (χ3n) is 2.89. The first-order chi connectivity index (χ1) is 8.67. The molecule has 0 bridgehead atoms. The van der Waals surface area contributed by atoms with Crippen LogP contribution in [-0.2, 0) is 6.54 Å². The van der Waals surface area contributed by atoms with Gasteiger partial charge < -0.3 is 10.1 Å². The lowest BCUT2D eigenvalue weighted by atomic mass is 10.1. The molecule has 2 rings (SSSR count). The molecule has 0 radical (unpaired) electrons. The van der Waals surface area contributed by atoms with Gasteiger partial charge in [0.2, 0.25) is 0 Å². The minimum atomic E-state index is -0.382. The molecule has 4 nitrogen and oxygen atoms in total. The van der Waals surface area contributed by atoms with Crippen LogP contribution in [0.1, 0.15) is 11.3 Å². The van der Waals surface area contributed by atoms with Gasteiger partial charge in [0.25, 0.3) is 0 Å². The van der Waals surface area contributed by atoms with Crippen LogP contribution in [-0.4, -0.2) is 24.4 Å². The average molecular weight is 249 g/mol. The summed E-state index contributed by atoms with van der Waals surface area (Å²) in [6, 6.07) is 4.84. The Morgan fingerprint density at radius 3 is 2.83 bits per heavy atom. The molecule has 0 saturated heterocycles. The molecule has 0 unspecified atom stereocenters. The number of nitrogens with zero attached hydrogens (tertiary/aromatic N) is 1. The molecule has 0 atom stereocenters. The van der Waals surface area contributed by atoms with Gasteiger partial charge in [-0.1, -0.05) is 0 Å². The standard InChI is InChI=1S/C13H16FN3O/c1-8-11(7-15-2)16-17-13(8)9-4-5-12(18-3)10(14)6-9/h4-6,15H,7H2,1-3H3,(H,16,17). The van der Waals surface area contributed by atoms with Crippen LogP contribution in [0.2, 0.25) is 0 Å². The van der Waals surface area contributed by atoms with Crippen LogP contribution in [0.25, 0.3) is 11.3 Å². The van der Waals surface area contributed by atoms with E-state index in [0.717, 1.165) is 22.5 Å². The molecule has 2 aromatic rings. The highest BCUT2D eigenvalue weighted by molar-refractivity contribution is 5.64. The normalized spacial score (nSPS) is 10.7. The lowest BCUT2D eigenvalue weighted by Crippen LogP contribution is -2.06. The molecule has 0 amide bonds. The second-order valence-electron chi connectivity index (χ2n) is 4.06. The van der Waals surface area contributed by atoms with Crippen LogP contribution in [0.3, 0.4) is 0 Å². The molecule has 1 aromatic carbocycles. The summed E-state index contributed by atoms with van der Waals surface area (Å²) in [5.41, 5.74) is 3.53. The minimum Gasteiger partial charge on any atom is -0.494 e. The Morgan fingerprint density at radius 2 is 2.22 bits per heavy atom. The zero-order chi connectivity index (χ0) is 13.1. The number of ether oxygens (including phenoxy) is 1. The first-order valence-electron chi connectivity index (χ1n) is 5.69. The number of hydrogen-bond donors (Lipinski definition) is 2. The summed E-state index contributed by atoms with van der Waals surface area (Å²) >= 11 is 0. The van der Waals surface area contributed by atoms with Crippen molar-refractivity contribution < 1.29 is 9.13 Å². The predicted molar refractivity (Wildman–Crippen MR) is 68.0 cm³/mol. The number of halogens is 1. The second kappa shape index (κ2) is 5.18. The Balaban J connectivity index is 2.39. The van der Waals surface area contributed by atoms with Crippen molar-refractivity contribution in [3.8, 4) is 17.0 Å². The van der Waals surface area contributed by atoms with E-state index < -0.39 is 0 Å². The number of hydrogen-bond acceptors (Lipinski definition) is 3. The number of rotatable bonds is 4.